The zero-order valence-electron chi connectivity index (χ0n) is 16.3. The van der Waals surface area contributed by atoms with Gasteiger partial charge < -0.3 is 9.67 Å². The molecule has 2 aromatic heterocycles. The molecule has 0 saturated heterocycles. The fourth-order valence-electron chi connectivity index (χ4n) is 3.40. The number of aryl methyl sites for hydroxylation is 2. The van der Waals surface area contributed by atoms with Crippen molar-refractivity contribution in [2.24, 2.45) is 14.1 Å². The van der Waals surface area contributed by atoms with Gasteiger partial charge in [-0.05, 0) is 6.42 Å². The van der Waals surface area contributed by atoms with E-state index in [2.05, 4.69) is 16.9 Å². The highest BCUT2D eigenvalue weighted by molar-refractivity contribution is 5.70. The summed E-state index contributed by atoms with van der Waals surface area (Å²) in [4.78, 5) is 30.3. The minimum atomic E-state index is -0.730. The topological polar surface area (TPSA) is 92.9 Å². The molecule has 0 amide bonds. The molecule has 0 fully saturated rings. The van der Waals surface area contributed by atoms with Crippen molar-refractivity contribution in [3.05, 3.63) is 26.7 Å². The second kappa shape index (κ2) is 9.71. The molecule has 2 aromatic rings. The van der Waals surface area contributed by atoms with E-state index < -0.39 is 17.4 Å². The average molecular weight is 364 g/mol. The number of hydrogen-bond donors (Lipinski definition) is 2. The number of imidazole rings is 1. The Morgan fingerprint density at radius 1 is 0.962 bits per heavy atom. The molecule has 0 bridgehead atoms. The number of aliphatic hydroxyl groups excluding tert-OH is 1. The highest BCUT2D eigenvalue weighted by atomic mass is 16.3. The lowest BCUT2D eigenvalue weighted by molar-refractivity contribution is 0.151. The Hall–Kier alpha value is -1.89. The SMILES string of the molecule is CCCCCCCCCCCC(O)c1nc2c(c(=O)[nH]c(=O)n2C)n1C. The molecule has 7 heteroatoms. The lowest BCUT2D eigenvalue weighted by Gasteiger charge is -2.10. The van der Waals surface area contributed by atoms with Crippen molar-refractivity contribution in [3.8, 4) is 0 Å². The Kier molecular flexibility index (Phi) is 7.63. The highest BCUT2D eigenvalue weighted by Gasteiger charge is 2.19. The van der Waals surface area contributed by atoms with Crippen LogP contribution in [0, 0.1) is 0 Å². The van der Waals surface area contributed by atoms with E-state index in [-0.39, 0.29) is 0 Å². The maximum Gasteiger partial charge on any atom is 0.329 e. The van der Waals surface area contributed by atoms with Crippen molar-refractivity contribution >= 4 is 11.2 Å². The number of H-pyrrole nitrogens is 1. The molecule has 2 heterocycles. The zero-order valence-corrected chi connectivity index (χ0v) is 16.3. The van der Waals surface area contributed by atoms with Gasteiger partial charge in [-0.3, -0.25) is 14.3 Å². The molecule has 0 saturated carbocycles. The molecule has 0 aliphatic carbocycles. The number of nitrogens with zero attached hydrogens (tertiary/aromatic N) is 3. The summed E-state index contributed by atoms with van der Waals surface area (Å²) in [5.74, 6) is 0.436. The van der Waals surface area contributed by atoms with Gasteiger partial charge in [0.2, 0.25) is 0 Å². The van der Waals surface area contributed by atoms with Crippen LogP contribution in [0.5, 0.6) is 0 Å². The Balaban J connectivity index is 1.87. The molecule has 0 aliphatic rings. The van der Waals surface area contributed by atoms with Crippen LogP contribution in [0.1, 0.15) is 83.1 Å². The zero-order chi connectivity index (χ0) is 19.1. The van der Waals surface area contributed by atoms with E-state index in [0.717, 1.165) is 12.8 Å². The summed E-state index contributed by atoms with van der Waals surface area (Å²) < 4.78 is 2.89. The summed E-state index contributed by atoms with van der Waals surface area (Å²) in [6.07, 6.45) is 10.9. The third-order valence-electron chi connectivity index (χ3n) is 5.05. The monoisotopic (exact) mass is 364 g/mol. The van der Waals surface area contributed by atoms with E-state index in [9.17, 15) is 14.7 Å². The number of fused-ring (bicyclic) bond motifs is 1. The summed E-state index contributed by atoms with van der Waals surface area (Å²) in [6, 6.07) is 0. The largest absolute Gasteiger partial charge is 0.385 e. The van der Waals surface area contributed by atoms with Crippen molar-refractivity contribution in [1.29, 1.82) is 0 Å². The maximum absolute atomic E-state index is 12.0. The van der Waals surface area contributed by atoms with Crippen LogP contribution >= 0.6 is 0 Å². The predicted molar refractivity (Wildman–Crippen MR) is 103 cm³/mol. The van der Waals surface area contributed by atoms with Crippen molar-refractivity contribution in [2.45, 2.75) is 77.2 Å². The van der Waals surface area contributed by atoms with Crippen LogP contribution in [-0.2, 0) is 14.1 Å². The fourth-order valence-corrected chi connectivity index (χ4v) is 3.40. The van der Waals surface area contributed by atoms with Crippen LogP contribution in [0.3, 0.4) is 0 Å². The van der Waals surface area contributed by atoms with Crippen LogP contribution in [0.15, 0.2) is 9.59 Å². The molecule has 146 valence electrons. The predicted octanol–water partition coefficient (Wildman–Crippen LogP) is 2.91. The van der Waals surface area contributed by atoms with Gasteiger partial charge in [0, 0.05) is 14.1 Å². The smallest absolute Gasteiger partial charge is 0.329 e. The second-order valence-electron chi connectivity index (χ2n) is 7.15. The van der Waals surface area contributed by atoms with E-state index in [4.69, 9.17) is 0 Å². The molecular formula is C19H32N4O3. The molecule has 2 N–H and O–H groups in total. The number of hydrogen-bond acceptors (Lipinski definition) is 4. The van der Waals surface area contributed by atoms with Crippen molar-refractivity contribution in [1.82, 2.24) is 19.1 Å². The lowest BCUT2D eigenvalue weighted by Crippen LogP contribution is -2.29. The maximum atomic E-state index is 12.0. The van der Waals surface area contributed by atoms with Gasteiger partial charge in [-0.2, -0.15) is 0 Å². The lowest BCUT2D eigenvalue weighted by atomic mass is 10.0. The van der Waals surface area contributed by atoms with Crippen LogP contribution in [-0.4, -0.2) is 24.2 Å². The van der Waals surface area contributed by atoms with Crippen molar-refractivity contribution in [2.75, 3.05) is 0 Å². The van der Waals surface area contributed by atoms with Gasteiger partial charge in [0.05, 0.1) is 0 Å². The Labute approximate surface area is 154 Å². The van der Waals surface area contributed by atoms with E-state index in [1.807, 2.05) is 0 Å². The van der Waals surface area contributed by atoms with Gasteiger partial charge in [0.25, 0.3) is 5.56 Å². The van der Waals surface area contributed by atoms with Gasteiger partial charge in [0.15, 0.2) is 11.2 Å². The van der Waals surface area contributed by atoms with Gasteiger partial charge >= 0.3 is 5.69 Å². The van der Waals surface area contributed by atoms with Crippen LogP contribution in [0.25, 0.3) is 11.2 Å². The fraction of sp³-hybridized carbons (Fsp3) is 0.737. The standard InChI is InChI=1S/C19H32N4O3/c1-4-5-6-7-8-9-10-11-12-13-14(24)16-20-17-15(22(16)2)18(25)21-19(26)23(17)3/h14,24H,4-13H2,1-3H3,(H,21,25,26). The number of aromatic amines is 1. The summed E-state index contributed by atoms with van der Waals surface area (Å²) in [5, 5.41) is 10.5. The average Bonchev–Trinajstić information content (AvgIpc) is 2.96. The van der Waals surface area contributed by atoms with Crippen LogP contribution < -0.4 is 11.2 Å². The number of nitrogens with one attached hydrogen (secondary N) is 1. The molecule has 2 rings (SSSR count). The summed E-state index contributed by atoms with van der Waals surface area (Å²) in [7, 11) is 3.26. The molecular weight excluding hydrogens is 332 g/mol. The van der Waals surface area contributed by atoms with E-state index in [1.165, 1.54) is 49.5 Å². The van der Waals surface area contributed by atoms with Gasteiger partial charge in [-0.1, -0.05) is 64.7 Å². The highest BCUT2D eigenvalue weighted by Crippen LogP contribution is 2.21. The number of rotatable bonds is 11. The van der Waals surface area contributed by atoms with Crippen LogP contribution in [0.2, 0.25) is 0 Å². The number of unbranched alkanes of at least 4 members (excludes halogenated alkanes) is 8. The summed E-state index contributed by atoms with van der Waals surface area (Å²) >= 11 is 0. The normalized spacial score (nSPS) is 12.8. The first-order valence-corrected chi connectivity index (χ1v) is 9.81. The van der Waals surface area contributed by atoms with Gasteiger partial charge in [0.1, 0.15) is 11.9 Å². The first-order chi connectivity index (χ1) is 12.5. The van der Waals surface area contributed by atoms with Crippen LogP contribution in [0.4, 0.5) is 0 Å². The molecule has 0 aliphatic heterocycles. The summed E-state index contributed by atoms with van der Waals surface area (Å²) in [6.45, 7) is 2.23. The van der Waals surface area contributed by atoms with Crippen molar-refractivity contribution in [3.63, 3.8) is 0 Å². The molecule has 0 aromatic carbocycles. The Bertz CT molecular complexity index is 819. The molecule has 26 heavy (non-hydrogen) atoms. The minimum absolute atomic E-state index is 0.308. The van der Waals surface area contributed by atoms with Crippen molar-refractivity contribution < 1.29 is 5.11 Å². The molecule has 0 radical (unpaired) electrons. The first-order valence-electron chi connectivity index (χ1n) is 9.81. The van der Waals surface area contributed by atoms with Gasteiger partial charge in [-0.25, -0.2) is 9.78 Å². The molecule has 1 unspecified atom stereocenters. The minimum Gasteiger partial charge on any atom is -0.385 e. The van der Waals surface area contributed by atoms with E-state index in [0.29, 0.717) is 23.4 Å². The molecule has 7 nitrogen and oxygen atoms in total. The molecule has 1 atom stereocenters. The molecule has 0 spiro atoms. The number of aliphatic hydroxyl groups is 1. The Morgan fingerprint density at radius 3 is 2.15 bits per heavy atom. The van der Waals surface area contributed by atoms with Gasteiger partial charge in [-0.15, -0.1) is 0 Å². The third-order valence-corrected chi connectivity index (χ3v) is 5.05. The summed E-state index contributed by atoms with van der Waals surface area (Å²) in [5.41, 5.74) is -0.351. The first kappa shape index (κ1) is 20.4. The number of aromatic nitrogens is 4. The van der Waals surface area contributed by atoms with E-state index >= 15 is 0 Å². The quantitative estimate of drug-likeness (QED) is 0.600. The Morgan fingerprint density at radius 2 is 1.54 bits per heavy atom. The third kappa shape index (κ3) is 4.84. The van der Waals surface area contributed by atoms with E-state index in [1.54, 1.807) is 18.7 Å². The second-order valence-corrected chi connectivity index (χ2v) is 7.15.